The molecular weight excluding hydrogens is 406 g/mol. The van der Waals surface area contributed by atoms with E-state index in [0.717, 1.165) is 34.6 Å². The lowest BCUT2D eigenvalue weighted by molar-refractivity contribution is 0.103. The molecule has 2 heterocycles. The SMILES string of the molecule is O=C(c1ccccc1)c1ccc2nc(-c3cc4ccccc4n3Cc3ccccc3)[nH]c2c1. The largest absolute Gasteiger partial charge is 0.337 e. The van der Waals surface area contributed by atoms with E-state index in [9.17, 15) is 4.79 Å². The Bertz CT molecular complexity index is 1590. The molecule has 4 nitrogen and oxygen atoms in total. The quantitative estimate of drug-likeness (QED) is 0.321. The van der Waals surface area contributed by atoms with E-state index in [1.54, 1.807) is 0 Å². The number of imidazole rings is 1. The van der Waals surface area contributed by atoms with Crippen LogP contribution in [0, 0.1) is 0 Å². The van der Waals surface area contributed by atoms with E-state index in [4.69, 9.17) is 4.98 Å². The van der Waals surface area contributed by atoms with Crippen LogP contribution in [0.4, 0.5) is 0 Å². The molecule has 0 saturated carbocycles. The average molecular weight is 428 g/mol. The summed E-state index contributed by atoms with van der Waals surface area (Å²) in [6.07, 6.45) is 0. The molecular formula is C29H21N3O. The lowest BCUT2D eigenvalue weighted by Crippen LogP contribution is -2.02. The number of ketones is 1. The third-order valence-electron chi connectivity index (χ3n) is 6.02. The van der Waals surface area contributed by atoms with Gasteiger partial charge < -0.3 is 9.55 Å². The van der Waals surface area contributed by atoms with E-state index in [1.165, 1.54) is 10.9 Å². The van der Waals surface area contributed by atoms with E-state index < -0.39 is 0 Å². The predicted octanol–water partition coefficient (Wildman–Crippen LogP) is 6.46. The molecule has 0 unspecified atom stereocenters. The van der Waals surface area contributed by atoms with Crippen molar-refractivity contribution in [3.63, 3.8) is 0 Å². The van der Waals surface area contributed by atoms with Crippen LogP contribution in [0.1, 0.15) is 21.5 Å². The molecule has 6 rings (SSSR count). The molecule has 4 aromatic carbocycles. The topological polar surface area (TPSA) is 50.7 Å². The first-order chi connectivity index (χ1) is 16.3. The molecule has 0 aliphatic rings. The molecule has 2 aromatic heterocycles. The number of carbonyl (C=O) groups excluding carboxylic acids is 1. The first-order valence-corrected chi connectivity index (χ1v) is 11.0. The first kappa shape index (κ1) is 19.3. The minimum absolute atomic E-state index is 0.00633. The number of para-hydroxylation sites is 1. The van der Waals surface area contributed by atoms with Gasteiger partial charge >= 0.3 is 0 Å². The molecule has 0 aliphatic carbocycles. The van der Waals surface area contributed by atoms with Gasteiger partial charge in [0.25, 0.3) is 0 Å². The van der Waals surface area contributed by atoms with Crippen LogP contribution in [0.2, 0.25) is 0 Å². The summed E-state index contributed by atoms with van der Waals surface area (Å²) in [5.41, 5.74) is 6.43. The summed E-state index contributed by atoms with van der Waals surface area (Å²) in [5, 5.41) is 1.17. The van der Waals surface area contributed by atoms with Crippen LogP contribution in [0.15, 0.2) is 109 Å². The number of benzene rings is 4. The zero-order valence-corrected chi connectivity index (χ0v) is 17.9. The fourth-order valence-electron chi connectivity index (χ4n) is 4.37. The first-order valence-electron chi connectivity index (χ1n) is 11.0. The Hall–Kier alpha value is -4.44. The zero-order valence-electron chi connectivity index (χ0n) is 17.9. The second kappa shape index (κ2) is 7.92. The van der Waals surface area contributed by atoms with Crippen molar-refractivity contribution in [3.05, 3.63) is 126 Å². The van der Waals surface area contributed by atoms with Crippen LogP contribution >= 0.6 is 0 Å². The Morgan fingerprint density at radius 1 is 0.758 bits per heavy atom. The average Bonchev–Trinajstić information content (AvgIpc) is 3.46. The highest BCUT2D eigenvalue weighted by atomic mass is 16.1. The van der Waals surface area contributed by atoms with Crippen molar-refractivity contribution in [3.8, 4) is 11.5 Å². The maximum atomic E-state index is 12.9. The molecule has 0 atom stereocenters. The lowest BCUT2D eigenvalue weighted by atomic mass is 10.0. The predicted molar refractivity (Wildman–Crippen MR) is 132 cm³/mol. The van der Waals surface area contributed by atoms with Crippen molar-refractivity contribution < 1.29 is 4.79 Å². The Labute approximate surface area is 191 Å². The number of nitrogens with zero attached hydrogens (tertiary/aromatic N) is 2. The standard InChI is InChI=1S/C29H21N3O/c33-28(21-11-5-2-6-12-21)23-15-16-24-25(17-23)31-29(30-24)27-18-22-13-7-8-14-26(22)32(27)19-20-9-3-1-4-10-20/h1-18H,19H2,(H,30,31). The van der Waals surface area contributed by atoms with Crippen LogP contribution in [0.25, 0.3) is 33.5 Å². The van der Waals surface area contributed by atoms with Crippen LogP contribution in [-0.4, -0.2) is 20.3 Å². The number of hydrogen-bond donors (Lipinski definition) is 1. The highest BCUT2D eigenvalue weighted by Gasteiger charge is 2.16. The fraction of sp³-hybridized carbons (Fsp3) is 0.0345. The summed E-state index contributed by atoms with van der Waals surface area (Å²) >= 11 is 0. The Morgan fingerprint density at radius 2 is 1.48 bits per heavy atom. The summed E-state index contributed by atoms with van der Waals surface area (Å²) < 4.78 is 2.29. The molecule has 4 heteroatoms. The molecule has 0 amide bonds. The van der Waals surface area contributed by atoms with Crippen molar-refractivity contribution in [1.29, 1.82) is 0 Å². The second-order valence-corrected chi connectivity index (χ2v) is 8.17. The molecule has 0 radical (unpaired) electrons. The molecule has 33 heavy (non-hydrogen) atoms. The summed E-state index contributed by atoms with van der Waals surface area (Å²) in [5.74, 6) is 0.799. The minimum atomic E-state index is 0.00633. The molecule has 158 valence electrons. The number of fused-ring (bicyclic) bond motifs is 2. The van der Waals surface area contributed by atoms with Crippen LogP contribution in [-0.2, 0) is 6.54 Å². The van der Waals surface area contributed by atoms with E-state index in [0.29, 0.717) is 11.1 Å². The number of nitrogens with one attached hydrogen (secondary N) is 1. The molecule has 0 saturated heterocycles. The normalized spacial score (nSPS) is 11.3. The van der Waals surface area contributed by atoms with Crippen molar-refractivity contribution in [2.45, 2.75) is 6.54 Å². The number of aromatic nitrogens is 3. The molecule has 0 bridgehead atoms. The van der Waals surface area contributed by atoms with Gasteiger partial charge in [0, 0.05) is 28.6 Å². The highest BCUT2D eigenvalue weighted by molar-refractivity contribution is 6.10. The third-order valence-corrected chi connectivity index (χ3v) is 6.02. The van der Waals surface area contributed by atoms with Gasteiger partial charge in [-0.05, 0) is 35.9 Å². The van der Waals surface area contributed by atoms with Crippen LogP contribution in [0.3, 0.4) is 0 Å². The smallest absolute Gasteiger partial charge is 0.193 e. The number of hydrogen-bond acceptors (Lipinski definition) is 2. The van der Waals surface area contributed by atoms with Crippen LogP contribution < -0.4 is 0 Å². The fourth-order valence-corrected chi connectivity index (χ4v) is 4.37. The molecule has 1 N–H and O–H groups in total. The minimum Gasteiger partial charge on any atom is -0.337 e. The number of aromatic amines is 1. The Balaban J connectivity index is 1.45. The van der Waals surface area contributed by atoms with Crippen LogP contribution in [0.5, 0.6) is 0 Å². The van der Waals surface area contributed by atoms with Gasteiger partial charge in [0.1, 0.15) is 0 Å². The summed E-state index contributed by atoms with van der Waals surface area (Å²) in [4.78, 5) is 21.2. The summed E-state index contributed by atoms with van der Waals surface area (Å²) in [7, 11) is 0. The maximum Gasteiger partial charge on any atom is 0.193 e. The van der Waals surface area contributed by atoms with Crippen molar-refractivity contribution in [2.24, 2.45) is 0 Å². The van der Waals surface area contributed by atoms with E-state index in [1.807, 2.05) is 54.6 Å². The van der Waals surface area contributed by atoms with Gasteiger partial charge in [0.2, 0.25) is 0 Å². The van der Waals surface area contributed by atoms with Gasteiger partial charge in [0.05, 0.1) is 16.7 Å². The second-order valence-electron chi connectivity index (χ2n) is 8.17. The van der Waals surface area contributed by atoms with E-state index in [2.05, 4.69) is 64.1 Å². The highest BCUT2D eigenvalue weighted by Crippen LogP contribution is 2.29. The Morgan fingerprint density at radius 3 is 2.30 bits per heavy atom. The molecule has 0 aliphatic heterocycles. The number of rotatable bonds is 5. The monoisotopic (exact) mass is 427 g/mol. The van der Waals surface area contributed by atoms with Gasteiger partial charge in [-0.1, -0.05) is 78.9 Å². The van der Waals surface area contributed by atoms with Gasteiger partial charge in [-0.25, -0.2) is 4.98 Å². The number of H-pyrrole nitrogens is 1. The molecule has 0 spiro atoms. The van der Waals surface area contributed by atoms with Crippen molar-refractivity contribution in [2.75, 3.05) is 0 Å². The van der Waals surface area contributed by atoms with Gasteiger partial charge in [-0.2, -0.15) is 0 Å². The van der Waals surface area contributed by atoms with E-state index >= 15 is 0 Å². The Kier molecular flexibility index (Phi) is 4.62. The zero-order chi connectivity index (χ0) is 22.2. The number of carbonyl (C=O) groups is 1. The molecule has 0 fully saturated rings. The van der Waals surface area contributed by atoms with Gasteiger partial charge in [-0.15, -0.1) is 0 Å². The summed E-state index contributed by atoms with van der Waals surface area (Å²) in [6, 6.07) is 36.0. The summed E-state index contributed by atoms with van der Waals surface area (Å²) in [6.45, 7) is 0.748. The maximum absolute atomic E-state index is 12.9. The van der Waals surface area contributed by atoms with Crippen molar-refractivity contribution in [1.82, 2.24) is 14.5 Å². The lowest BCUT2D eigenvalue weighted by Gasteiger charge is -2.09. The van der Waals surface area contributed by atoms with Gasteiger partial charge in [0.15, 0.2) is 11.6 Å². The third kappa shape index (κ3) is 3.52. The van der Waals surface area contributed by atoms with Gasteiger partial charge in [-0.3, -0.25) is 4.79 Å². The van der Waals surface area contributed by atoms with E-state index in [-0.39, 0.29) is 5.78 Å². The van der Waals surface area contributed by atoms with Crippen molar-refractivity contribution >= 4 is 27.7 Å². The molecule has 6 aromatic rings.